The van der Waals surface area contributed by atoms with E-state index in [1.807, 2.05) is 80.6 Å². The summed E-state index contributed by atoms with van der Waals surface area (Å²) < 4.78 is 1.62. The molecule has 3 atom stereocenters. The van der Waals surface area contributed by atoms with E-state index >= 15 is 0 Å². The summed E-state index contributed by atoms with van der Waals surface area (Å²) in [6.45, 7) is 4.49. The van der Waals surface area contributed by atoms with Gasteiger partial charge in [-0.2, -0.15) is 5.10 Å². The van der Waals surface area contributed by atoms with Gasteiger partial charge in [0.2, 0.25) is 5.91 Å². The number of amides is 3. The fourth-order valence-corrected chi connectivity index (χ4v) is 4.11. The summed E-state index contributed by atoms with van der Waals surface area (Å²) in [5, 5.41) is 16.9. The van der Waals surface area contributed by atoms with Crippen molar-refractivity contribution in [2.45, 2.75) is 39.0 Å². The van der Waals surface area contributed by atoms with Gasteiger partial charge in [-0.25, -0.2) is 9.48 Å². The van der Waals surface area contributed by atoms with Crippen LogP contribution in [0.15, 0.2) is 66.7 Å². The Bertz CT molecular complexity index is 1080. The number of hydrogen-bond acceptors (Lipinski definition) is 4. The van der Waals surface area contributed by atoms with E-state index in [2.05, 4.69) is 21.3 Å². The molecule has 172 valence electrons. The third-order valence-corrected chi connectivity index (χ3v) is 5.91. The molecule has 3 aromatic rings. The van der Waals surface area contributed by atoms with Crippen molar-refractivity contribution in [1.29, 1.82) is 0 Å². The van der Waals surface area contributed by atoms with Gasteiger partial charge in [-0.1, -0.05) is 67.6 Å². The van der Waals surface area contributed by atoms with Crippen LogP contribution in [0.25, 0.3) is 11.3 Å². The predicted octanol–water partition coefficient (Wildman–Crippen LogP) is 3.50. The van der Waals surface area contributed by atoms with Crippen molar-refractivity contribution >= 4 is 17.8 Å². The number of anilines is 1. The number of nitrogens with one attached hydrogen (secondary N) is 4. The van der Waals surface area contributed by atoms with Gasteiger partial charge in [-0.15, -0.1) is 0 Å². The third-order valence-electron chi connectivity index (χ3n) is 5.91. The molecule has 33 heavy (non-hydrogen) atoms. The molecule has 0 bridgehead atoms. The second-order valence-corrected chi connectivity index (χ2v) is 8.22. The molecule has 8 heteroatoms. The van der Waals surface area contributed by atoms with Gasteiger partial charge in [0.05, 0.1) is 11.6 Å². The molecule has 0 aliphatic carbocycles. The highest BCUT2D eigenvalue weighted by atomic mass is 16.2. The van der Waals surface area contributed by atoms with E-state index in [0.717, 1.165) is 24.0 Å². The van der Waals surface area contributed by atoms with Gasteiger partial charge in [-0.3, -0.25) is 15.4 Å². The van der Waals surface area contributed by atoms with E-state index in [9.17, 15) is 9.59 Å². The average molecular weight is 447 g/mol. The van der Waals surface area contributed by atoms with Crippen LogP contribution in [-0.2, 0) is 11.2 Å². The molecule has 1 fully saturated rings. The summed E-state index contributed by atoms with van der Waals surface area (Å²) in [7, 11) is 0. The summed E-state index contributed by atoms with van der Waals surface area (Å²) in [6.07, 6.45) is 0.919. The number of carbonyl (C=O) groups is 2. The number of urea groups is 1. The molecule has 3 unspecified atom stereocenters. The van der Waals surface area contributed by atoms with E-state index in [0.29, 0.717) is 18.1 Å². The Labute approximate surface area is 193 Å². The first kappa shape index (κ1) is 22.5. The second kappa shape index (κ2) is 10.3. The second-order valence-electron chi connectivity index (χ2n) is 8.22. The van der Waals surface area contributed by atoms with Gasteiger partial charge in [0.1, 0.15) is 5.82 Å². The molecule has 1 aromatic heterocycles. The molecule has 3 amide bonds. The Morgan fingerprint density at radius 2 is 1.79 bits per heavy atom. The molecular formula is C25H30N6O2. The minimum Gasteiger partial charge on any atom is -0.337 e. The van der Waals surface area contributed by atoms with E-state index in [-0.39, 0.29) is 23.9 Å². The first-order chi connectivity index (χ1) is 16.0. The van der Waals surface area contributed by atoms with Gasteiger partial charge >= 0.3 is 6.03 Å². The normalized spacial score (nSPS) is 20.2. The molecule has 0 radical (unpaired) electrons. The number of aromatic nitrogens is 2. The van der Waals surface area contributed by atoms with Crippen molar-refractivity contribution in [1.82, 2.24) is 25.7 Å². The molecule has 1 aliphatic rings. The van der Waals surface area contributed by atoms with Crippen LogP contribution in [0.2, 0.25) is 0 Å². The van der Waals surface area contributed by atoms with Crippen LogP contribution in [0, 0.1) is 5.92 Å². The Morgan fingerprint density at radius 3 is 2.45 bits per heavy atom. The van der Waals surface area contributed by atoms with Gasteiger partial charge in [-0.05, 0) is 25.3 Å². The summed E-state index contributed by atoms with van der Waals surface area (Å²) in [6, 6.07) is 21.2. The molecule has 2 heterocycles. The Balaban J connectivity index is 1.51. The third kappa shape index (κ3) is 5.40. The number of carbonyl (C=O) groups excluding carboxylic acids is 2. The Morgan fingerprint density at radius 1 is 1.09 bits per heavy atom. The van der Waals surface area contributed by atoms with Crippen LogP contribution in [0.3, 0.4) is 0 Å². The molecule has 0 spiro atoms. The Kier molecular flexibility index (Phi) is 7.04. The maximum absolute atomic E-state index is 12.6. The number of nitrogens with zero attached hydrogens (tertiary/aromatic N) is 2. The van der Waals surface area contributed by atoms with Crippen LogP contribution in [0.5, 0.6) is 0 Å². The molecule has 1 saturated heterocycles. The van der Waals surface area contributed by atoms with Crippen molar-refractivity contribution < 1.29 is 9.59 Å². The summed E-state index contributed by atoms with van der Waals surface area (Å²) in [4.78, 5) is 25.3. The lowest BCUT2D eigenvalue weighted by Crippen LogP contribution is -2.57. The zero-order valence-corrected chi connectivity index (χ0v) is 18.9. The molecule has 1 aliphatic heterocycles. The standard InChI is InChI=1S/C25H30N6O2/c1-3-20-17(2)27-24(29-23(20)32)31-22(16-21(30-31)19-12-8-5-9-13-19)28-25(33)26-15-14-18-10-6-4-7-11-18/h4-13,16-17,20,24,27H,3,14-15H2,1-2H3,(H,29,32)(H2,26,28,33). The van der Waals surface area contributed by atoms with Crippen molar-refractivity contribution in [3.63, 3.8) is 0 Å². The molecule has 4 N–H and O–H groups in total. The molecular weight excluding hydrogens is 416 g/mol. The average Bonchev–Trinajstić information content (AvgIpc) is 3.24. The van der Waals surface area contributed by atoms with E-state index in [1.165, 1.54) is 0 Å². The van der Waals surface area contributed by atoms with Gasteiger partial charge in [0.15, 0.2) is 6.29 Å². The maximum atomic E-state index is 12.6. The highest BCUT2D eigenvalue weighted by molar-refractivity contribution is 5.89. The number of hydrogen-bond donors (Lipinski definition) is 4. The Hall–Kier alpha value is -3.65. The predicted molar refractivity (Wildman–Crippen MR) is 128 cm³/mol. The van der Waals surface area contributed by atoms with Gasteiger partial charge in [0, 0.05) is 24.2 Å². The molecule has 2 aromatic carbocycles. The lowest BCUT2D eigenvalue weighted by molar-refractivity contribution is -0.130. The van der Waals surface area contributed by atoms with Crippen molar-refractivity contribution in [2.75, 3.05) is 11.9 Å². The maximum Gasteiger partial charge on any atom is 0.320 e. The van der Waals surface area contributed by atoms with Crippen LogP contribution in [0.4, 0.5) is 10.6 Å². The zero-order chi connectivity index (χ0) is 23.2. The SMILES string of the molecule is CCC1C(=O)NC(n2nc(-c3ccccc3)cc2NC(=O)NCCc2ccccc2)NC1C. The van der Waals surface area contributed by atoms with Gasteiger partial charge in [0.25, 0.3) is 0 Å². The lowest BCUT2D eigenvalue weighted by atomic mass is 9.95. The molecule has 8 nitrogen and oxygen atoms in total. The van der Waals surface area contributed by atoms with Crippen LogP contribution in [-0.4, -0.2) is 34.3 Å². The zero-order valence-electron chi connectivity index (χ0n) is 18.9. The van der Waals surface area contributed by atoms with E-state index in [1.54, 1.807) is 4.68 Å². The monoisotopic (exact) mass is 446 g/mol. The minimum absolute atomic E-state index is 0.0225. The molecule has 4 rings (SSSR count). The topological polar surface area (TPSA) is 100 Å². The van der Waals surface area contributed by atoms with Crippen molar-refractivity contribution in [3.8, 4) is 11.3 Å². The van der Waals surface area contributed by atoms with Crippen LogP contribution < -0.4 is 21.3 Å². The van der Waals surface area contributed by atoms with Gasteiger partial charge < -0.3 is 10.6 Å². The minimum atomic E-state index is -0.563. The van der Waals surface area contributed by atoms with Crippen molar-refractivity contribution in [3.05, 3.63) is 72.3 Å². The van der Waals surface area contributed by atoms with Crippen LogP contribution >= 0.6 is 0 Å². The summed E-state index contributed by atoms with van der Waals surface area (Å²) >= 11 is 0. The smallest absolute Gasteiger partial charge is 0.320 e. The summed E-state index contributed by atoms with van der Waals surface area (Å²) in [5.74, 6) is 0.359. The molecule has 0 saturated carbocycles. The quantitative estimate of drug-likeness (QED) is 0.446. The highest BCUT2D eigenvalue weighted by Gasteiger charge is 2.34. The first-order valence-electron chi connectivity index (χ1n) is 11.4. The van der Waals surface area contributed by atoms with Crippen molar-refractivity contribution in [2.24, 2.45) is 5.92 Å². The fourth-order valence-electron chi connectivity index (χ4n) is 4.11. The number of rotatable bonds is 7. The largest absolute Gasteiger partial charge is 0.337 e. The number of benzene rings is 2. The summed E-state index contributed by atoms with van der Waals surface area (Å²) in [5.41, 5.74) is 2.78. The van der Waals surface area contributed by atoms with E-state index < -0.39 is 6.29 Å². The van der Waals surface area contributed by atoms with E-state index in [4.69, 9.17) is 5.10 Å². The first-order valence-corrected chi connectivity index (χ1v) is 11.4. The fraction of sp³-hybridized carbons (Fsp3) is 0.320. The van der Waals surface area contributed by atoms with Crippen LogP contribution in [0.1, 0.15) is 32.1 Å². The lowest BCUT2D eigenvalue weighted by Gasteiger charge is -2.35. The highest BCUT2D eigenvalue weighted by Crippen LogP contribution is 2.26.